The summed E-state index contributed by atoms with van der Waals surface area (Å²) in [6.45, 7) is 6.70. The molecule has 0 aliphatic carbocycles. The summed E-state index contributed by atoms with van der Waals surface area (Å²) >= 11 is 0. The largest absolute Gasteiger partial charge is 0.756 e. The van der Waals surface area contributed by atoms with Gasteiger partial charge in [0, 0.05) is 12.8 Å². The Hall–Kier alpha value is -2.03. The predicted molar refractivity (Wildman–Crippen MR) is 284 cm³/mol. The molecule has 0 aliphatic rings. The van der Waals surface area contributed by atoms with Crippen LogP contribution in [0.15, 0.2) is 48.6 Å². The van der Waals surface area contributed by atoms with Crippen LogP contribution in [0.5, 0.6) is 0 Å². The normalized spacial score (nSPS) is 14.2. The van der Waals surface area contributed by atoms with Crippen LogP contribution >= 0.6 is 7.82 Å². The number of phosphoric acid groups is 1. The molecule has 67 heavy (non-hydrogen) atoms. The molecule has 0 saturated heterocycles. The van der Waals surface area contributed by atoms with Crippen LogP contribution in [0.2, 0.25) is 0 Å². The molecule has 1 N–H and O–H groups in total. The molecule has 10 heteroatoms. The summed E-state index contributed by atoms with van der Waals surface area (Å²) in [4.78, 5) is 39.8. The van der Waals surface area contributed by atoms with Crippen LogP contribution in [0, 0.1) is 0 Å². The number of carbonyl (C=O) groups excluding carboxylic acids is 2. The molecule has 0 bridgehead atoms. The zero-order chi connectivity index (χ0) is 49.4. The molecule has 0 rings (SSSR count). The van der Waals surface area contributed by atoms with Gasteiger partial charge in [0.25, 0.3) is 7.82 Å². The molecule has 0 aromatic rings. The second-order valence-electron chi connectivity index (χ2n) is 20.1. The number of likely N-dealkylation sites (N-methyl/N-ethyl adjacent to an activating group) is 1. The molecule has 392 valence electrons. The number of esters is 1. The first-order valence-corrected chi connectivity index (χ1v) is 29.4. The number of quaternary nitrogens is 1. The van der Waals surface area contributed by atoms with E-state index in [4.69, 9.17) is 13.8 Å². The standard InChI is InChI=1S/C57H107N2O7P/c1-7-10-13-16-19-22-25-27-29-31-34-37-40-43-46-49-56(60)58-54(53-65-67(62,63)64-52-51-59(4,5)6)55(48-45-42-39-36-33-24-21-18-15-12-9-3)66-57(61)50-47-44-41-38-35-32-30-28-26-23-20-17-14-11-8-2/h10,13,16,19,22,25,45,48,54-55H,7-9,11-12,14-15,17-18,20-21,23-24,26-44,46-47,49-53H2,1-6H3,(H-,58,60,62,63)/b13-10+,19-16+,25-22+,48-45+. The maximum Gasteiger partial charge on any atom is 0.306 e. The molecular weight excluding hydrogens is 856 g/mol. The number of carbonyl (C=O) groups is 2. The second-order valence-corrected chi connectivity index (χ2v) is 21.5. The first kappa shape index (κ1) is 65.0. The Morgan fingerprint density at radius 2 is 0.955 bits per heavy atom. The Balaban J connectivity index is 5.34. The third-order valence-corrected chi connectivity index (χ3v) is 13.3. The van der Waals surface area contributed by atoms with E-state index < -0.39 is 26.6 Å². The Bertz CT molecular complexity index is 1290. The Morgan fingerprint density at radius 3 is 1.42 bits per heavy atom. The van der Waals surface area contributed by atoms with Gasteiger partial charge in [-0.1, -0.05) is 237 Å². The summed E-state index contributed by atoms with van der Waals surface area (Å²) in [6.07, 6.45) is 56.4. The number of hydrogen-bond acceptors (Lipinski definition) is 7. The van der Waals surface area contributed by atoms with Gasteiger partial charge in [-0.15, -0.1) is 0 Å². The predicted octanol–water partition coefficient (Wildman–Crippen LogP) is 15.9. The van der Waals surface area contributed by atoms with E-state index in [1.165, 1.54) is 141 Å². The van der Waals surface area contributed by atoms with Gasteiger partial charge in [0.2, 0.25) is 5.91 Å². The molecule has 0 spiro atoms. The van der Waals surface area contributed by atoms with Gasteiger partial charge in [0.1, 0.15) is 19.3 Å². The fourth-order valence-electron chi connectivity index (χ4n) is 7.99. The molecule has 0 heterocycles. The van der Waals surface area contributed by atoms with Crippen molar-refractivity contribution in [2.24, 2.45) is 0 Å². The molecule has 3 unspecified atom stereocenters. The van der Waals surface area contributed by atoms with Crippen LogP contribution in [0.3, 0.4) is 0 Å². The number of hydrogen-bond donors (Lipinski definition) is 1. The first-order valence-electron chi connectivity index (χ1n) is 28.0. The topological polar surface area (TPSA) is 114 Å². The van der Waals surface area contributed by atoms with E-state index in [1.807, 2.05) is 33.3 Å². The summed E-state index contributed by atoms with van der Waals surface area (Å²) in [7, 11) is 1.18. The maximum atomic E-state index is 13.4. The van der Waals surface area contributed by atoms with Crippen LogP contribution in [0.1, 0.15) is 252 Å². The van der Waals surface area contributed by atoms with Crippen LogP contribution in [-0.4, -0.2) is 69.4 Å². The highest BCUT2D eigenvalue weighted by Crippen LogP contribution is 2.38. The van der Waals surface area contributed by atoms with Gasteiger partial charge in [-0.3, -0.25) is 14.2 Å². The van der Waals surface area contributed by atoms with E-state index in [0.717, 1.165) is 77.0 Å². The number of nitrogens with zero attached hydrogens (tertiary/aromatic N) is 1. The Kier molecular flexibility index (Phi) is 46.2. The lowest BCUT2D eigenvalue weighted by molar-refractivity contribution is -0.870. The molecule has 0 saturated carbocycles. The first-order chi connectivity index (χ1) is 32.4. The van der Waals surface area contributed by atoms with E-state index >= 15 is 0 Å². The van der Waals surface area contributed by atoms with Gasteiger partial charge in [0.05, 0.1) is 33.8 Å². The number of amides is 1. The third kappa shape index (κ3) is 48.8. The van der Waals surface area contributed by atoms with Crippen molar-refractivity contribution in [2.45, 2.75) is 264 Å². The number of rotatable bonds is 50. The summed E-state index contributed by atoms with van der Waals surface area (Å²) in [5.41, 5.74) is 0. The lowest BCUT2D eigenvalue weighted by Crippen LogP contribution is -2.47. The van der Waals surface area contributed by atoms with E-state index in [9.17, 15) is 19.0 Å². The zero-order valence-electron chi connectivity index (χ0n) is 44.6. The van der Waals surface area contributed by atoms with Crippen LogP contribution in [0.25, 0.3) is 0 Å². The van der Waals surface area contributed by atoms with Crippen molar-refractivity contribution in [3.05, 3.63) is 48.6 Å². The number of allylic oxidation sites excluding steroid dienone is 7. The fourth-order valence-corrected chi connectivity index (χ4v) is 8.72. The van der Waals surface area contributed by atoms with E-state index in [2.05, 4.69) is 62.5 Å². The number of ether oxygens (including phenoxy) is 1. The highest BCUT2D eigenvalue weighted by Gasteiger charge is 2.27. The summed E-state index contributed by atoms with van der Waals surface area (Å²) in [5.74, 6) is -0.550. The van der Waals surface area contributed by atoms with E-state index in [-0.39, 0.29) is 24.9 Å². The molecule has 0 aromatic heterocycles. The number of phosphoric ester groups is 1. The van der Waals surface area contributed by atoms with Gasteiger partial charge in [0.15, 0.2) is 0 Å². The van der Waals surface area contributed by atoms with Crippen molar-refractivity contribution in [1.29, 1.82) is 0 Å². The van der Waals surface area contributed by atoms with Crippen LogP contribution in [-0.2, 0) is 27.9 Å². The minimum atomic E-state index is -4.69. The van der Waals surface area contributed by atoms with E-state index in [1.54, 1.807) is 0 Å². The van der Waals surface area contributed by atoms with Crippen molar-refractivity contribution < 1.29 is 37.3 Å². The van der Waals surface area contributed by atoms with Gasteiger partial charge in [-0.05, 0) is 51.0 Å². The molecular formula is C57H107N2O7P. The molecule has 3 atom stereocenters. The Labute approximate surface area is 414 Å². The van der Waals surface area contributed by atoms with Crippen molar-refractivity contribution in [3.63, 3.8) is 0 Å². The number of nitrogens with one attached hydrogen (secondary N) is 1. The number of unbranched alkanes of at least 4 members (excludes halogenated alkanes) is 30. The van der Waals surface area contributed by atoms with Crippen molar-refractivity contribution in [3.8, 4) is 0 Å². The average Bonchev–Trinajstić information content (AvgIpc) is 3.28. The fraction of sp³-hybridized carbons (Fsp3) is 0.825. The quantitative estimate of drug-likeness (QED) is 0.0161. The molecule has 0 fully saturated rings. The van der Waals surface area contributed by atoms with Crippen molar-refractivity contribution in [1.82, 2.24) is 5.32 Å². The summed E-state index contributed by atoms with van der Waals surface area (Å²) < 4.78 is 30.2. The van der Waals surface area contributed by atoms with Gasteiger partial charge in [-0.2, -0.15) is 0 Å². The SMILES string of the molecule is CC/C=C/C=C/C=C/CCCCCCCCCC(=O)NC(COP(=O)([O-])OCC[N+](C)(C)C)C(/C=C/CCCCCCCCCCC)OC(=O)CCCCCCCCCCCCCCCCC. The summed E-state index contributed by atoms with van der Waals surface area (Å²) in [5, 5.41) is 3.01. The van der Waals surface area contributed by atoms with E-state index in [0.29, 0.717) is 17.4 Å². The van der Waals surface area contributed by atoms with Crippen LogP contribution < -0.4 is 10.2 Å². The highest BCUT2D eigenvalue weighted by atomic mass is 31.2. The zero-order valence-corrected chi connectivity index (χ0v) is 45.5. The second kappa shape index (κ2) is 47.6. The van der Waals surface area contributed by atoms with Gasteiger partial charge < -0.3 is 28.5 Å². The minimum Gasteiger partial charge on any atom is -0.756 e. The monoisotopic (exact) mass is 963 g/mol. The molecule has 0 aliphatic heterocycles. The lowest BCUT2D eigenvalue weighted by Gasteiger charge is -2.30. The highest BCUT2D eigenvalue weighted by molar-refractivity contribution is 7.45. The molecule has 9 nitrogen and oxygen atoms in total. The summed E-state index contributed by atoms with van der Waals surface area (Å²) in [6, 6.07) is -0.890. The smallest absolute Gasteiger partial charge is 0.306 e. The molecule has 0 radical (unpaired) electrons. The lowest BCUT2D eigenvalue weighted by atomic mass is 10.0. The van der Waals surface area contributed by atoms with Crippen molar-refractivity contribution >= 4 is 19.7 Å². The van der Waals surface area contributed by atoms with Crippen LogP contribution in [0.4, 0.5) is 0 Å². The third-order valence-electron chi connectivity index (χ3n) is 12.3. The average molecular weight is 963 g/mol. The minimum absolute atomic E-state index is 0.0243. The van der Waals surface area contributed by atoms with Gasteiger partial charge in [-0.25, -0.2) is 0 Å². The molecule has 1 amide bonds. The molecule has 0 aromatic carbocycles. The Morgan fingerprint density at radius 1 is 0.537 bits per heavy atom. The maximum absolute atomic E-state index is 13.4. The van der Waals surface area contributed by atoms with Crippen molar-refractivity contribution in [2.75, 3.05) is 40.9 Å². The van der Waals surface area contributed by atoms with Gasteiger partial charge >= 0.3 is 5.97 Å².